The first-order chi connectivity index (χ1) is 9.69. The zero-order chi connectivity index (χ0) is 14.4. The molecule has 4 nitrogen and oxygen atoms in total. The molecule has 1 amide bonds. The third-order valence-electron chi connectivity index (χ3n) is 3.64. The second-order valence-electron chi connectivity index (χ2n) is 5.29. The summed E-state index contributed by atoms with van der Waals surface area (Å²) in [4.78, 5) is 11.9. The number of carbonyl (C=O) groups is 1. The van der Waals surface area contributed by atoms with Crippen molar-refractivity contribution < 1.29 is 9.53 Å². The van der Waals surface area contributed by atoms with Gasteiger partial charge < -0.3 is 15.4 Å². The van der Waals surface area contributed by atoms with Crippen molar-refractivity contribution in [3.05, 3.63) is 29.8 Å². The molecule has 1 saturated heterocycles. The molecule has 0 bridgehead atoms. The van der Waals surface area contributed by atoms with E-state index in [1.54, 1.807) is 0 Å². The molecule has 4 heteroatoms. The summed E-state index contributed by atoms with van der Waals surface area (Å²) in [5.41, 5.74) is 2.07. The van der Waals surface area contributed by atoms with Gasteiger partial charge in [-0.2, -0.15) is 0 Å². The first-order valence-electron chi connectivity index (χ1n) is 7.44. The molecule has 0 saturated carbocycles. The summed E-state index contributed by atoms with van der Waals surface area (Å²) in [6.45, 7) is 5.96. The van der Waals surface area contributed by atoms with Crippen LogP contribution in [-0.2, 0) is 9.53 Å². The van der Waals surface area contributed by atoms with E-state index >= 15 is 0 Å². The van der Waals surface area contributed by atoms with E-state index in [4.69, 9.17) is 4.74 Å². The van der Waals surface area contributed by atoms with E-state index in [1.165, 1.54) is 5.56 Å². The number of carbonyl (C=O) groups excluding carboxylic acids is 1. The molecule has 1 aliphatic heterocycles. The van der Waals surface area contributed by atoms with E-state index in [0.29, 0.717) is 12.5 Å². The Bertz CT molecular complexity index is 425. The summed E-state index contributed by atoms with van der Waals surface area (Å²) < 4.78 is 5.47. The monoisotopic (exact) mass is 276 g/mol. The Balaban J connectivity index is 1.84. The standard InChI is InChI=1S/C16H24N2O2/c1-3-17-12(2)13-6-8-14(9-7-13)18-16(19)11-15-5-4-10-20-15/h6-9,12,15,17H,3-5,10-11H2,1-2H3,(H,18,19). The summed E-state index contributed by atoms with van der Waals surface area (Å²) in [6, 6.07) is 8.34. The lowest BCUT2D eigenvalue weighted by Crippen LogP contribution is -2.19. The lowest BCUT2D eigenvalue weighted by atomic mass is 10.1. The third-order valence-corrected chi connectivity index (χ3v) is 3.64. The van der Waals surface area contributed by atoms with Crippen molar-refractivity contribution in [2.24, 2.45) is 0 Å². The van der Waals surface area contributed by atoms with Crippen LogP contribution in [0.5, 0.6) is 0 Å². The highest BCUT2D eigenvalue weighted by atomic mass is 16.5. The molecule has 1 fully saturated rings. The summed E-state index contributed by atoms with van der Waals surface area (Å²) in [5, 5.41) is 6.29. The van der Waals surface area contributed by atoms with Crippen molar-refractivity contribution >= 4 is 11.6 Å². The topological polar surface area (TPSA) is 50.4 Å². The molecule has 0 spiro atoms. The molecule has 2 rings (SSSR count). The average Bonchev–Trinajstić information content (AvgIpc) is 2.92. The first kappa shape index (κ1) is 15.0. The van der Waals surface area contributed by atoms with Gasteiger partial charge in [0.15, 0.2) is 0 Å². The normalized spacial score (nSPS) is 19.8. The van der Waals surface area contributed by atoms with Crippen LogP contribution in [0, 0.1) is 0 Å². The van der Waals surface area contributed by atoms with Crippen LogP contribution < -0.4 is 10.6 Å². The van der Waals surface area contributed by atoms with Gasteiger partial charge in [-0.3, -0.25) is 4.79 Å². The Kier molecular flexibility index (Phi) is 5.56. The zero-order valence-electron chi connectivity index (χ0n) is 12.3. The molecule has 1 aliphatic rings. The summed E-state index contributed by atoms with van der Waals surface area (Å²) in [6.07, 6.45) is 2.61. The molecule has 0 radical (unpaired) electrons. The maximum atomic E-state index is 11.9. The second-order valence-corrected chi connectivity index (χ2v) is 5.29. The molecule has 2 N–H and O–H groups in total. The minimum absolute atomic E-state index is 0.0318. The Morgan fingerprint density at radius 2 is 2.15 bits per heavy atom. The van der Waals surface area contributed by atoms with Crippen LogP contribution in [0.3, 0.4) is 0 Å². The quantitative estimate of drug-likeness (QED) is 0.840. The van der Waals surface area contributed by atoms with Crippen molar-refractivity contribution in [3.63, 3.8) is 0 Å². The SMILES string of the molecule is CCNC(C)c1ccc(NC(=O)CC2CCCO2)cc1. The van der Waals surface area contributed by atoms with Crippen molar-refractivity contribution in [2.75, 3.05) is 18.5 Å². The molecular weight excluding hydrogens is 252 g/mol. The van der Waals surface area contributed by atoms with Gasteiger partial charge in [-0.05, 0) is 44.0 Å². The molecule has 1 aromatic carbocycles. The van der Waals surface area contributed by atoms with E-state index in [1.807, 2.05) is 12.1 Å². The lowest BCUT2D eigenvalue weighted by Gasteiger charge is -2.14. The smallest absolute Gasteiger partial charge is 0.226 e. The number of ether oxygens (including phenoxy) is 1. The average molecular weight is 276 g/mol. The van der Waals surface area contributed by atoms with Gasteiger partial charge in [-0.25, -0.2) is 0 Å². The summed E-state index contributed by atoms with van der Waals surface area (Å²) in [5.74, 6) is 0.0318. The molecule has 20 heavy (non-hydrogen) atoms. The van der Waals surface area contributed by atoms with Crippen LogP contribution in [0.4, 0.5) is 5.69 Å². The van der Waals surface area contributed by atoms with E-state index in [9.17, 15) is 4.79 Å². The fraction of sp³-hybridized carbons (Fsp3) is 0.562. The van der Waals surface area contributed by atoms with E-state index in [0.717, 1.165) is 31.7 Å². The number of benzene rings is 1. The molecule has 0 aliphatic carbocycles. The van der Waals surface area contributed by atoms with Gasteiger partial charge in [-0.1, -0.05) is 19.1 Å². The summed E-state index contributed by atoms with van der Waals surface area (Å²) in [7, 11) is 0. The Labute approximate surface area is 120 Å². The highest BCUT2D eigenvalue weighted by Gasteiger charge is 2.19. The lowest BCUT2D eigenvalue weighted by molar-refractivity contribution is -0.118. The second kappa shape index (κ2) is 7.41. The maximum Gasteiger partial charge on any atom is 0.226 e. The minimum atomic E-state index is 0.0318. The molecule has 110 valence electrons. The van der Waals surface area contributed by atoms with Gasteiger partial charge in [-0.15, -0.1) is 0 Å². The fourth-order valence-corrected chi connectivity index (χ4v) is 2.50. The molecule has 2 unspecified atom stereocenters. The number of rotatable bonds is 6. The highest BCUT2D eigenvalue weighted by Crippen LogP contribution is 2.18. The Morgan fingerprint density at radius 1 is 1.40 bits per heavy atom. The van der Waals surface area contributed by atoms with Gasteiger partial charge in [0, 0.05) is 18.3 Å². The third kappa shape index (κ3) is 4.32. The van der Waals surface area contributed by atoms with Crippen molar-refractivity contribution in [1.29, 1.82) is 0 Å². The van der Waals surface area contributed by atoms with Gasteiger partial charge in [0.05, 0.1) is 12.5 Å². The molecule has 1 heterocycles. The van der Waals surface area contributed by atoms with Gasteiger partial charge in [0.2, 0.25) is 5.91 Å². The number of hydrogen-bond acceptors (Lipinski definition) is 3. The zero-order valence-corrected chi connectivity index (χ0v) is 12.3. The Morgan fingerprint density at radius 3 is 2.75 bits per heavy atom. The van der Waals surface area contributed by atoms with Crippen molar-refractivity contribution in [2.45, 2.75) is 45.3 Å². The van der Waals surface area contributed by atoms with Crippen LogP contribution in [-0.4, -0.2) is 25.2 Å². The van der Waals surface area contributed by atoms with E-state index < -0.39 is 0 Å². The summed E-state index contributed by atoms with van der Waals surface area (Å²) >= 11 is 0. The maximum absolute atomic E-state index is 11.9. The first-order valence-corrected chi connectivity index (χ1v) is 7.44. The van der Waals surface area contributed by atoms with Crippen molar-refractivity contribution in [1.82, 2.24) is 5.32 Å². The molecule has 2 atom stereocenters. The van der Waals surface area contributed by atoms with Gasteiger partial charge in [0.1, 0.15) is 0 Å². The number of amides is 1. The number of hydrogen-bond donors (Lipinski definition) is 2. The predicted molar refractivity (Wildman–Crippen MR) is 80.8 cm³/mol. The van der Waals surface area contributed by atoms with Gasteiger partial charge >= 0.3 is 0 Å². The van der Waals surface area contributed by atoms with Gasteiger partial charge in [0.25, 0.3) is 0 Å². The van der Waals surface area contributed by atoms with Crippen LogP contribution in [0.25, 0.3) is 0 Å². The van der Waals surface area contributed by atoms with Crippen LogP contribution >= 0.6 is 0 Å². The van der Waals surface area contributed by atoms with E-state index in [-0.39, 0.29) is 12.0 Å². The van der Waals surface area contributed by atoms with Crippen molar-refractivity contribution in [3.8, 4) is 0 Å². The Hall–Kier alpha value is -1.39. The van der Waals surface area contributed by atoms with E-state index in [2.05, 4.69) is 36.6 Å². The highest BCUT2D eigenvalue weighted by molar-refractivity contribution is 5.91. The largest absolute Gasteiger partial charge is 0.378 e. The molecule has 0 aromatic heterocycles. The number of anilines is 1. The molecule has 1 aromatic rings. The van der Waals surface area contributed by atoms with Crippen LogP contribution in [0.15, 0.2) is 24.3 Å². The minimum Gasteiger partial charge on any atom is -0.378 e. The van der Waals surface area contributed by atoms with Crippen LogP contribution in [0.1, 0.15) is 44.7 Å². The molecular formula is C16H24N2O2. The predicted octanol–water partition coefficient (Wildman–Crippen LogP) is 2.86. The fourth-order valence-electron chi connectivity index (χ4n) is 2.50. The number of nitrogens with one attached hydrogen (secondary N) is 2. The van der Waals surface area contributed by atoms with Crippen LogP contribution in [0.2, 0.25) is 0 Å².